The molecular weight excluding hydrogens is 275 g/mol. The van der Waals surface area contributed by atoms with E-state index < -0.39 is 0 Å². The fraction of sp³-hybridized carbons (Fsp3) is 0.105. The minimum Gasteiger partial charge on any atom is -0.332 e. The Balaban J connectivity index is 1.90. The zero-order valence-corrected chi connectivity index (χ0v) is 12.0. The fourth-order valence-electron chi connectivity index (χ4n) is 2.53. The maximum absolute atomic E-state index is 13.0. The van der Waals surface area contributed by atoms with Crippen LogP contribution < -0.4 is 0 Å². The molecule has 2 aromatic carbocycles. The zero-order chi connectivity index (χ0) is 15.4. The minimum atomic E-state index is -0.249. The molecule has 0 amide bonds. The van der Waals surface area contributed by atoms with Gasteiger partial charge in [-0.1, -0.05) is 42.5 Å². The summed E-state index contributed by atoms with van der Waals surface area (Å²) in [6, 6.07) is 22.6. The summed E-state index contributed by atoms with van der Waals surface area (Å²) in [6.07, 6.45) is 0.768. The molecule has 0 aliphatic heterocycles. The summed E-state index contributed by atoms with van der Waals surface area (Å²) in [5.74, 6) is -0.249. The summed E-state index contributed by atoms with van der Waals surface area (Å²) < 4.78 is 15.0. The van der Waals surface area contributed by atoms with Crippen molar-refractivity contribution < 1.29 is 4.39 Å². The monoisotopic (exact) mass is 290 g/mol. The molecule has 0 unspecified atom stereocenters. The van der Waals surface area contributed by atoms with Crippen LogP contribution in [0, 0.1) is 17.1 Å². The van der Waals surface area contributed by atoms with Gasteiger partial charge in [0.25, 0.3) is 0 Å². The summed E-state index contributed by atoms with van der Waals surface area (Å²) in [7, 11) is 0. The maximum Gasteiger partial charge on any atom is 0.123 e. The maximum atomic E-state index is 13.0. The Bertz CT molecular complexity index is 796. The van der Waals surface area contributed by atoms with Gasteiger partial charge in [0, 0.05) is 18.7 Å². The molecule has 3 aromatic rings. The number of halogens is 1. The number of nitriles is 1. The lowest BCUT2D eigenvalue weighted by Gasteiger charge is -2.11. The van der Waals surface area contributed by atoms with E-state index in [-0.39, 0.29) is 5.82 Å². The first-order valence-electron chi connectivity index (χ1n) is 7.13. The van der Waals surface area contributed by atoms with Crippen molar-refractivity contribution >= 4 is 0 Å². The van der Waals surface area contributed by atoms with Crippen molar-refractivity contribution in [1.29, 1.82) is 5.26 Å². The van der Waals surface area contributed by atoms with Gasteiger partial charge in [0.05, 0.1) is 0 Å². The third kappa shape index (κ3) is 3.07. The van der Waals surface area contributed by atoms with E-state index in [1.165, 1.54) is 17.7 Å². The highest BCUT2D eigenvalue weighted by atomic mass is 19.1. The number of benzene rings is 2. The van der Waals surface area contributed by atoms with Crippen LogP contribution in [-0.2, 0) is 13.0 Å². The van der Waals surface area contributed by atoms with Crippen LogP contribution in [0.2, 0.25) is 0 Å². The van der Waals surface area contributed by atoms with Gasteiger partial charge in [-0.3, -0.25) is 0 Å². The lowest BCUT2D eigenvalue weighted by molar-refractivity contribution is 0.626. The minimum absolute atomic E-state index is 0.249. The lowest BCUT2D eigenvalue weighted by Crippen LogP contribution is -2.07. The fourth-order valence-corrected chi connectivity index (χ4v) is 2.53. The van der Waals surface area contributed by atoms with Crippen molar-refractivity contribution in [2.24, 2.45) is 0 Å². The Kier molecular flexibility index (Phi) is 4.02. The van der Waals surface area contributed by atoms with Crippen LogP contribution in [0.25, 0.3) is 0 Å². The van der Waals surface area contributed by atoms with Gasteiger partial charge in [-0.05, 0) is 35.4 Å². The van der Waals surface area contributed by atoms with E-state index in [2.05, 4.69) is 18.2 Å². The predicted molar refractivity (Wildman–Crippen MR) is 83.9 cm³/mol. The first kappa shape index (κ1) is 14.1. The first-order chi connectivity index (χ1) is 10.8. The first-order valence-corrected chi connectivity index (χ1v) is 7.13. The number of nitrogens with zero attached hydrogens (tertiary/aromatic N) is 2. The summed E-state index contributed by atoms with van der Waals surface area (Å²) in [5, 5.41) is 9.29. The molecule has 22 heavy (non-hydrogen) atoms. The second kappa shape index (κ2) is 6.28. The van der Waals surface area contributed by atoms with Crippen LogP contribution in [0.15, 0.2) is 66.7 Å². The predicted octanol–water partition coefficient (Wildman–Crippen LogP) is 4.14. The molecule has 2 nitrogen and oxygen atoms in total. The molecule has 1 heterocycles. The Morgan fingerprint density at radius 3 is 2.27 bits per heavy atom. The van der Waals surface area contributed by atoms with E-state index in [1.807, 2.05) is 34.9 Å². The van der Waals surface area contributed by atoms with E-state index in [0.29, 0.717) is 12.2 Å². The highest BCUT2D eigenvalue weighted by Gasteiger charge is 2.09. The van der Waals surface area contributed by atoms with E-state index in [0.717, 1.165) is 17.7 Å². The summed E-state index contributed by atoms with van der Waals surface area (Å²) >= 11 is 0. The molecule has 0 saturated heterocycles. The van der Waals surface area contributed by atoms with Crippen LogP contribution in [0.1, 0.15) is 22.5 Å². The Morgan fingerprint density at radius 2 is 1.59 bits per heavy atom. The molecule has 3 rings (SSSR count). The molecule has 0 saturated carbocycles. The highest BCUT2D eigenvalue weighted by Crippen LogP contribution is 2.16. The van der Waals surface area contributed by atoms with Crippen molar-refractivity contribution in [3.8, 4) is 6.07 Å². The second-order valence-corrected chi connectivity index (χ2v) is 5.20. The summed E-state index contributed by atoms with van der Waals surface area (Å²) in [5.41, 5.74) is 3.87. The number of aromatic nitrogens is 1. The van der Waals surface area contributed by atoms with Crippen LogP contribution in [0.4, 0.5) is 4.39 Å². The van der Waals surface area contributed by atoms with Crippen molar-refractivity contribution in [2.45, 2.75) is 13.0 Å². The molecule has 0 aliphatic rings. The second-order valence-electron chi connectivity index (χ2n) is 5.20. The van der Waals surface area contributed by atoms with Gasteiger partial charge >= 0.3 is 0 Å². The number of hydrogen-bond acceptors (Lipinski definition) is 1. The van der Waals surface area contributed by atoms with Crippen LogP contribution in [0.3, 0.4) is 0 Å². The molecule has 0 fully saturated rings. The van der Waals surface area contributed by atoms with Crippen molar-refractivity contribution in [1.82, 2.24) is 4.57 Å². The molecule has 3 heteroatoms. The van der Waals surface area contributed by atoms with Gasteiger partial charge in [0.1, 0.15) is 17.6 Å². The van der Waals surface area contributed by atoms with E-state index in [1.54, 1.807) is 12.1 Å². The molecule has 0 N–H and O–H groups in total. The average molecular weight is 290 g/mol. The Morgan fingerprint density at radius 1 is 0.864 bits per heavy atom. The van der Waals surface area contributed by atoms with Crippen LogP contribution >= 0.6 is 0 Å². The topological polar surface area (TPSA) is 28.7 Å². The third-order valence-corrected chi connectivity index (χ3v) is 3.67. The van der Waals surface area contributed by atoms with Crippen molar-refractivity contribution in [3.05, 3.63) is 95.1 Å². The summed E-state index contributed by atoms with van der Waals surface area (Å²) in [4.78, 5) is 0. The largest absolute Gasteiger partial charge is 0.332 e. The smallest absolute Gasteiger partial charge is 0.123 e. The van der Waals surface area contributed by atoms with Gasteiger partial charge in [-0.15, -0.1) is 0 Å². The number of hydrogen-bond donors (Lipinski definition) is 0. The standard InChI is InChI=1S/C19H15FN2/c20-17-8-6-16(7-9-17)14-22-18(10-11-19(22)13-21)12-15-4-2-1-3-5-15/h1-11H,12,14H2. The van der Waals surface area contributed by atoms with Crippen molar-refractivity contribution in [2.75, 3.05) is 0 Å². The van der Waals surface area contributed by atoms with Gasteiger partial charge in [-0.25, -0.2) is 4.39 Å². The van der Waals surface area contributed by atoms with E-state index in [9.17, 15) is 9.65 Å². The molecular formula is C19H15FN2. The molecule has 1 aromatic heterocycles. The third-order valence-electron chi connectivity index (χ3n) is 3.67. The zero-order valence-electron chi connectivity index (χ0n) is 12.0. The van der Waals surface area contributed by atoms with Crippen LogP contribution in [-0.4, -0.2) is 4.57 Å². The summed E-state index contributed by atoms with van der Waals surface area (Å²) in [6.45, 7) is 0.568. The van der Waals surface area contributed by atoms with Gasteiger partial charge in [0.2, 0.25) is 0 Å². The highest BCUT2D eigenvalue weighted by molar-refractivity contribution is 5.32. The van der Waals surface area contributed by atoms with Crippen LogP contribution in [0.5, 0.6) is 0 Å². The average Bonchev–Trinajstić information content (AvgIpc) is 2.92. The Labute approximate surface area is 129 Å². The normalized spacial score (nSPS) is 10.4. The molecule has 0 atom stereocenters. The molecule has 0 radical (unpaired) electrons. The SMILES string of the molecule is N#Cc1ccc(Cc2ccccc2)n1Cc1ccc(F)cc1. The number of rotatable bonds is 4. The molecule has 0 spiro atoms. The Hall–Kier alpha value is -2.86. The molecule has 0 aliphatic carbocycles. The van der Waals surface area contributed by atoms with Crippen molar-refractivity contribution in [3.63, 3.8) is 0 Å². The molecule has 108 valence electrons. The van der Waals surface area contributed by atoms with Gasteiger partial charge in [0.15, 0.2) is 0 Å². The lowest BCUT2D eigenvalue weighted by atomic mass is 10.1. The van der Waals surface area contributed by atoms with Gasteiger partial charge < -0.3 is 4.57 Å². The molecule has 0 bridgehead atoms. The van der Waals surface area contributed by atoms with E-state index >= 15 is 0 Å². The quantitative estimate of drug-likeness (QED) is 0.710. The van der Waals surface area contributed by atoms with Gasteiger partial charge in [-0.2, -0.15) is 5.26 Å². The van der Waals surface area contributed by atoms with E-state index in [4.69, 9.17) is 0 Å².